The van der Waals surface area contributed by atoms with Crippen molar-refractivity contribution in [2.24, 2.45) is 0 Å². The highest BCUT2D eigenvalue weighted by Crippen LogP contribution is 2.22. The van der Waals surface area contributed by atoms with Crippen molar-refractivity contribution in [3.8, 4) is 5.75 Å². The number of anilines is 2. The van der Waals surface area contributed by atoms with Gasteiger partial charge in [-0.15, -0.1) is 0 Å². The summed E-state index contributed by atoms with van der Waals surface area (Å²) in [6.45, 7) is 5.96. The minimum Gasteiger partial charge on any atom is -0.481 e. The van der Waals surface area contributed by atoms with Gasteiger partial charge in [-0.2, -0.15) is 0 Å². The molecule has 0 bridgehead atoms. The second kappa shape index (κ2) is 8.53. The minimum atomic E-state index is -0.589. The maximum atomic E-state index is 12.6. The van der Waals surface area contributed by atoms with Crippen LogP contribution in [0.5, 0.6) is 5.75 Å². The van der Waals surface area contributed by atoms with Gasteiger partial charge in [-0.1, -0.05) is 30.3 Å². The lowest BCUT2D eigenvalue weighted by Crippen LogP contribution is -2.44. The Labute approximate surface area is 171 Å². The van der Waals surface area contributed by atoms with Gasteiger partial charge in [-0.05, 0) is 61.1 Å². The highest BCUT2D eigenvalue weighted by molar-refractivity contribution is 5.94. The van der Waals surface area contributed by atoms with Gasteiger partial charge in [0.15, 0.2) is 6.10 Å². The molecular weight excluding hydrogens is 362 g/mol. The van der Waals surface area contributed by atoms with Gasteiger partial charge in [-0.25, -0.2) is 0 Å². The standard InChI is InChI=1S/C24H27N3O2/c1-18(29-23-12-7-19-5-3-4-6-20(19)17-23)24(28)25-21-8-10-22(11-9-21)27-15-13-26(2)14-16-27/h3-12,17-18H,13-16H2,1-2H3,(H,25,28)/t18-/m1/s1. The van der Waals surface area contributed by atoms with E-state index in [1.165, 1.54) is 5.69 Å². The molecule has 3 aromatic carbocycles. The number of carbonyl (C=O) groups excluding carboxylic acids is 1. The number of hydrogen-bond acceptors (Lipinski definition) is 4. The number of fused-ring (bicyclic) bond motifs is 1. The summed E-state index contributed by atoms with van der Waals surface area (Å²) in [6.07, 6.45) is -0.589. The molecule has 5 nitrogen and oxygen atoms in total. The monoisotopic (exact) mass is 389 g/mol. The van der Waals surface area contributed by atoms with E-state index in [0.717, 1.165) is 42.6 Å². The molecule has 1 amide bonds. The Kier molecular flexibility index (Phi) is 5.67. The topological polar surface area (TPSA) is 44.8 Å². The van der Waals surface area contributed by atoms with Crippen molar-refractivity contribution in [1.82, 2.24) is 4.90 Å². The Morgan fingerprint density at radius 2 is 1.62 bits per heavy atom. The summed E-state index contributed by atoms with van der Waals surface area (Å²) < 4.78 is 5.86. The predicted octanol–water partition coefficient (Wildman–Crippen LogP) is 4.00. The maximum absolute atomic E-state index is 12.6. The van der Waals surface area contributed by atoms with Crippen LogP contribution in [0.25, 0.3) is 10.8 Å². The maximum Gasteiger partial charge on any atom is 0.265 e. The predicted molar refractivity (Wildman–Crippen MR) is 119 cm³/mol. The molecule has 29 heavy (non-hydrogen) atoms. The van der Waals surface area contributed by atoms with Crippen LogP contribution in [0.1, 0.15) is 6.92 Å². The van der Waals surface area contributed by atoms with E-state index in [1.807, 2.05) is 48.5 Å². The highest BCUT2D eigenvalue weighted by Gasteiger charge is 2.17. The number of likely N-dealkylation sites (N-methyl/N-ethyl adjacent to an activating group) is 1. The van der Waals surface area contributed by atoms with Crippen LogP contribution in [0.2, 0.25) is 0 Å². The Morgan fingerprint density at radius 3 is 2.34 bits per heavy atom. The fraction of sp³-hybridized carbons (Fsp3) is 0.292. The molecule has 1 heterocycles. The summed E-state index contributed by atoms with van der Waals surface area (Å²) in [5, 5.41) is 5.19. The van der Waals surface area contributed by atoms with Gasteiger partial charge in [0.2, 0.25) is 0 Å². The normalized spacial score (nSPS) is 15.9. The van der Waals surface area contributed by atoms with Crippen molar-refractivity contribution >= 4 is 28.1 Å². The van der Waals surface area contributed by atoms with E-state index in [4.69, 9.17) is 4.74 Å². The molecule has 1 aliphatic heterocycles. The smallest absolute Gasteiger partial charge is 0.265 e. The van der Waals surface area contributed by atoms with Crippen LogP contribution in [0.3, 0.4) is 0 Å². The van der Waals surface area contributed by atoms with Crippen molar-refractivity contribution in [2.75, 3.05) is 43.4 Å². The van der Waals surface area contributed by atoms with Gasteiger partial charge in [0.25, 0.3) is 5.91 Å². The third-order valence-corrected chi connectivity index (χ3v) is 5.41. The van der Waals surface area contributed by atoms with Crippen molar-refractivity contribution in [3.05, 3.63) is 66.7 Å². The van der Waals surface area contributed by atoms with Gasteiger partial charge in [0.05, 0.1) is 0 Å². The number of amides is 1. The lowest BCUT2D eigenvalue weighted by Gasteiger charge is -2.34. The molecule has 1 N–H and O–H groups in total. The molecule has 1 saturated heterocycles. The first-order valence-corrected chi connectivity index (χ1v) is 10.1. The summed E-state index contributed by atoms with van der Waals surface area (Å²) in [6, 6.07) is 22.0. The summed E-state index contributed by atoms with van der Waals surface area (Å²) in [5.74, 6) is 0.530. The summed E-state index contributed by atoms with van der Waals surface area (Å²) >= 11 is 0. The number of piperazine rings is 1. The number of rotatable bonds is 5. The van der Waals surface area contributed by atoms with Crippen molar-refractivity contribution < 1.29 is 9.53 Å². The lowest BCUT2D eigenvalue weighted by atomic mass is 10.1. The second-order valence-electron chi connectivity index (χ2n) is 7.60. The SMILES string of the molecule is C[C@@H](Oc1ccc2ccccc2c1)C(=O)Nc1ccc(N2CCN(C)CC2)cc1. The zero-order chi connectivity index (χ0) is 20.2. The first-order valence-electron chi connectivity index (χ1n) is 10.1. The first-order chi connectivity index (χ1) is 14.1. The van der Waals surface area contributed by atoms with Crippen LogP contribution in [0, 0.1) is 0 Å². The zero-order valence-electron chi connectivity index (χ0n) is 17.0. The molecule has 5 heteroatoms. The number of ether oxygens (including phenoxy) is 1. The number of carbonyl (C=O) groups is 1. The van der Waals surface area contributed by atoms with E-state index < -0.39 is 6.10 Å². The van der Waals surface area contributed by atoms with E-state index in [0.29, 0.717) is 5.75 Å². The third kappa shape index (κ3) is 4.69. The first kappa shape index (κ1) is 19.3. The van der Waals surface area contributed by atoms with E-state index in [1.54, 1.807) is 6.92 Å². The van der Waals surface area contributed by atoms with Crippen molar-refractivity contribution in [3.63, 3.8) is 0 Å². The molecule has 1 fully saturated rings. The van der Waals surface area contributed by atoms with Crippen LogP contribution in [0.15, 0.2) is 66.7 Å². The quantitative estimate of drug-likeness (QED) is 0.716. The van der Waals surface area contributed by atoms with E-state index in [2.05, 4.69) is 40.4 Å². The molecule has 0 spiro atoms. The minimum absolute atomic E-state index is 0.162. The molecule has 4 rings (SSSR count). The van der Waals surface area contributed by atoms with Gasteiger partial charge in [-0.3, -0.25) is 4.79 Å². The number of hydrogen-bond donors (Lipinski definition) is 1. The number of benzene rings is 3. The van der Waals surface area contributed by atoms with Crippen LogP contribution in [0.4, 0.5) is 11.4 Å². The second-order valence-corrected chi connectivity index (χ2v) is 7.60. The number of nitrogens with zero attached hydrogens (tertiary/aromatic N) is 2. The summed E-state index contributed by atoms with van der Waals surface area (Å²) in [7, 11) is 2.15. The molecular formula is C24H27N3O2. The Balaban J connectivity index is 1.35. The van der Waals surface area contributed by atoms with Gasteiger partial charge >= 0.3 is 0 Å². The average molecular weight is 389 g/mol. The molecule has 3 aromatic rings. The molecule has 0 radical (unpaired) electrons. The Morgan fingerprint density at radius 1 is 0.931 bits per heavy atom. The summed E-state index contributed by atoms with van der Waals surface area (Å²) in [5.41, 5.74) is 1.97. The van der Waals surface area contributed by atoms with Crippen LogP contribution in [-0.4, -0.2) is 50.1 Å². The fourth-order valence-electron chi connectivity index (χ4n) is 3.56. The largest absolute Gasteiger partial charge is 0.481 e. The van der Waals surface area contributed by atoms with E-state index in [-0.39, 0.29) is 5.91 Å². The van der Waals surface area contributed by atoms with E-state index >= 15 is 0 Å². The fourth-order valence-corrected chi connectivity index (χ4v) is 3.56. The molecule has 0 aromatic heterocycles. The molecule has 0 saturated carbocycles. The lowest BCUT2D eigenvalue weighted by molar-refractivity contribution is -0.122. The highest BCUT2D eigenvalue weighted by atomic mass is 16.5. The van der Waals surface area contributed by atoms with E-state index in [9.17, 15) is 4.79 Å². The van der Waals surface area contributed by atoms with Gasteiger partial charge in [0, 0.05) is 37.6 Å². The summed E-state index contributed by atoms with van der Waals surface area (Å²) in [4.78, 5) is 17.3. The van der Waals surface area contributed by atoms with Crippen LogP contribution < -0.4 is 15.0 Å². The van der Waals surface area contributed by atoms with Crippen LogP contribution >= 0.6 is 0 Å². The Bertz CT molecular complexity index is 979. The van der Waals surface area contributed by atoms with Crippen molar-refractivity contribution in [1.29, 1.82) is 0 Å². The Hall–Kier alpha value is -3.05. The molecule has 0 aliphatic carbocycles. The number of nitrogens with one attached hydrogen (secondary N) is 1. The zero-order valence-corrected chi connectivity index (χ0v) is 17.0. The molecule has 0 unspecified atom stereocenters. The van der Waals surface area contributed by atoms with Crippen LogP contribution in [-0.2, 0) is 4.79 Å². The molecule has 1 aliphatic rings. The molecule has 1 atom stereocenters. The molecule has 150 valence electrons. The average Bonchev–Trinajstić information content (AvgIpc) is 2.75. The van der Waals surface area contributed by atoms with Crippen molar-refractivity contribution in [2.45, 2.75) is 13.0 Å². The third-order valence-electron chi connectivity index (χ3n) is 5.41. The van der Waals surface area contributed by atoms with Gasteiger partial charge < -0.3 is 19.9 Å². The van der Waals surface area contributed by atoms with Gasteiger partial charge in [0.1, 0.15) is 5.75 Å².